The molecule has 5 aromatic rings. The Hall–Kier alpha value is -5.00. The van der Waals surface area contributed by atoms with E-state index < -0.39 is 24.3 Å². The van der Waals surface area contributed by atoms with Gasteiger partial charge in [-0.15, -0.1) is 11.3 Å². The normalized spacial score (nSPS) is 11.6. The first-order valence-electron chi connectivity index (χ1n) is 13.2. The van der Waals surface area contributed by atoms with Gasteiger partial charge in [-0.3, -0.25) is 0 Å². The van der Waals surface area contributed by atoms with Crippen molar-refractivity contribution in [3.63, 3.8) is 0 Å². The summed E-state index contributed by atoms with van der Waals surface area (Å²) in [7, 11) is 0. The molecule has 0 unspecified atom stereocenters. The molecule has 0 saturated heterocycles. The van der Waals surface area contributed by atoms with Crippen molar-refractivity contribution in [1.29, 1.82) is 0 Å². The molecule has 0 spiro atoms. The number of carboxylic acid groups (broad SMARTS) is 1. The summed E-state index contributed by atoms with van der Waals surface area (Å²) < 4.78 is 51.0. The van der Waals surface area contributed by atoms with Crippen molar-refractivity contribution >= 4 is 33.0 Å². The standard InChI is InChI=1S/C35H25F3O4S/c1-23-20-29(16-17-31(23)42-22-34(39)40)41-19-18-30(33-21-27-4-2-3-5-32(27)43-33)26-12-8-24(9-13-26)6-7-25-10-14-28(15-11-25)35(36,37)38/h2-5,8-18,20-21H,19,22H2,1H3,(H,39,40)/b30-18-. The molecule has 8 heteroatoms. The van der Waals surface area contributed by atoms with E-state index in [0.29, 0.717) is 17.1 Å². The maximum atomic E-state index is 12.8. The Balaban J connectivity index is 1.36. The molecule has 5 rings (SSSR count). The summed E-state index contributed by atoms with van der Waals surface area (Å²) in [6.45, 7) is 1.69. The second-order valence-corrected chi connectivity index (χ2v) is 10.7. The fourth-order valence-corrected chi connectivity index (χ4v) is 5.46. The minimum Gasteiger partial charge on any atom is -0.489 e. The van der Waals surface area contributed by atoms with Crippen molar-refractivity contribution < 1.29 is 32.5 Å². The second kappa shape index (κ2) is 12.9. The van der Waals surface area contributed by atoms with Crippen molar-refractivity contribution in [3.05, 3.63) is 136 Å². The number of carboxylic acids is 1. The summed E-state index contributed by atoms with van der Waals surface area (Å²) in [6, 6.07) is 28.0. The number of ether oxygens (including phenoxy) is 2. The molecule has 1 heterocycles. The van der Waals surface area contributed by atoms with Crippen LogP contribution in [0.5, 0.6) is 11.5 Å². The number of fused-ring (bicyclic) bond motifs is 1. The van der Waals surface area contributed by atoms with Crippen LogP contribution in [0.1, 0.15) is 32.7 Å². The number of thiophene rings is 1. The topological polar surface area (TPSA) is 55.8 Å². The van der Waals surface area contributed by atoms with Gasteiger partial charge in [-0.1, -0.05) is 42.2 Å². The number of halogens is 3. The van der Waals surface area contributed by atoms with Crippen LogP contribution in [0.3, 0.4) is 0 Å². The molecule has 0 aliphatic heterocycles. The van der Waals surface area contributed by atoms with Gasteiger partial charge < -0.3 is 14.6 Å². The Labute approximate surface area is 250 Å². The van der Waals surface area contributed by atoms with E-state index in [2.05, 4.69) is 30.0 Å². The average molecular weight is 599 g/mol. The van der Waals surface area contributed by atoms with Crippen LogP contribution >= 0.6 is 11.3 Å². The summed E-state index contributed by atoms with van der Waals surface area (Å²) >= 11 is 1.68. The molecule has 0 aliphatic carbocycles. The largest absolute Gasteiger partial charge is 0.489 e. The summed E-state index contributed by atoms with van der Waals surface area (Å²) in [5.74, 6) is 6.01. The third-order valence-corrected chi connectivity index (χ3v) is 7.63. The van der Waals surface area contributed by atoms with Crippen molar-refractivity contribution in [2.75, 3.05) is 13.2 Å². The van der Waals surface area contributed by atoms with Crippen LogP contribution in [0.25, 0.3) is 15.7 Å². The van der Waals surface area contributed by atoms with Crippen molar-refractivity contribution in [1.82, 2.24) is 0 Å². The zero-order chi connectivity index (χ0) is 30.4. The number of benzene rings is 4. The minimum atomic E-state index is -4.38. The molecule has 0 bridgehead atoms. The van der Waals surface area contributed by atoms with Gasteiger partial charge in [0.2, 0.25) is 0 Å². The highest BCUT2D eigenvalue weighted by Gasteiger charge is 2.29. The molecule has 0 radical (unpaired) electrons. The lowest BCUT2D eigenvalue weighted by atomic mass is 10.0. The predicted octanol–water partition coefficient (Wildman–Crippen LogP) is 8.60. The lowest BCUT2D eigenvalue weighted by Crippen LogP contribution is -2.10. The molecular weight excluding hydrogens is 573 g/mol. The molecule has 4 aromatic carbocycles. The maximum absolute atomic E-state index is 12.8. The number of aryl methyl sites for hydroxylation is 1. The Morgan fingerprint density at radius 1 is 0.884 bits per heavy atom. The van der Waals surface area contributed by atoms with E-state index in [0.717, 1.165) is 49.4 Å². The van der Waals surface area contributed by atoms with Crippen LogP contribution in [0.15, 0.2) is 103 Å². The number of alkyl halides is 3. The summed E-state index contributed by atoms with van der Waals surface area (Å²) in [6.07, 6.45) is -2.37. The van der Waals surface area contributed by atoms with E-state index in [4.69, 9.17) is 14.6 Å². The molecule has 216 valence electrons. The number of hydrogen-bond donors (Lipinski definition) is 1. The molecule has 0 amide bonds. The highest BCUT2D eigenvalue weighted by atomic mass is 32.1. The van der Waals surface area contributed by atoms with Gasteiger partial charge in [-0.05, 0) is 102 Å². The molecule has 4 nitrogen and oxygen atoms in total. The number of carbonyl (C=O) groups is 1. The summed E-state index contributed by atoms with van der Waals surface area (Å²) in [5, 5.41) is 9.99. The van der Waals surface area contributed by atoms with E-state index >= 15 is 0 Å². The maximum Gasteiger partial charge on any atom is 0.416 e. The molecule has 0 aliphatic rings. The predicted molar refractivity (Wildman–Crippen MR) is 163 cm³/mol. The van der Waals surface area contributed by atoms with Gasteiger partial charge in [0.15, 0.2) is 6.61 Å². The van der Waals surface area contributed by atoms with Crippen LogP contribution < -0.4 is 9.47 Å². The Morgan fingerprint density at radius 3 is 2.19 bits per heavy atom. The Bertz CT molecular complexity index is 1810. The van der Waals surface area contributed by atoms with Crippen molar-refractivity contribution in [2.45, 2.75) is 13.1 Å². The second-order valence-electron chi connectivity index (χ2n) is 9.59. The first kappa shape index (κ1) is 29.5. The number of hydrogen-bond acceptors (Lipinski definition) is 4. The van der Waals surface area contributed by atoms with E-state index in [-0.39, 0.29) is 6.61 Å². The fraction of sp³-hybridized carbons (Fsp3) is 0.114. The monoisotopic (exact) mass is 598 g/mol. The fourth-order valence-electron chi connectivity index (χ4n) is 4.33. The Morgan fingerprint density at radius 2 is 1.56 bits per heavy atom. The highest BCUT2D eigenvalue weighted by molar-refractivity contribution is 7.20. The van der Waals surface area contributed by atoms with Crippen molar-refractivity contribution in [3.8, 4) is 23.3 Å². The first-order valence-corrected chi connectivity index (χ1v) is 14.0. The van der Waals surface area contributed by atoms with Gasteiger partial charge in [-0.2, -0.15) is 13.2 Å². The Kier molecular flexibility index (Phi) is 8.84. The average Bonchev–Trinajstić information content (AvgIpc) is 3.42. The summed E-state index contributed by atoms with van der Waals surface area (Å²) in [5.41, 5.74) is 3.24. The van der Waals surface area contributed by atoms with Gasteiger partial charge in [0.25, 0.3) is 0 Å². The third-order valence-electron chi connectivity index (χ3n) is 6.49. The molecule has 1 aromatic heterocycles. The van der Waals surface area contributed by atoms with Gasteiger partial charge in [0, 0.05) is 20.7 Å². The van der Waals surface area contributed by atoms with Crippen LogP contribution in [-0.4, -0.2) is 24.3 Å². The van der Waals surface area contributed by atoms with Gasteiger partial charge in [-0.25, -0.2) is 4.79 Å². The van der Waals surface area contributed by atoms with Gasteiger partial charge >= 0.3 is 12.1 Å². The first-order chi connectivity index (χ1) is 20.7. The molecule has 0 atom stereocenters. The van der Waals surface area contributed by atoms with Crippen LogP contribution in [0, 0.1) is 18.8 Å². The van der Waals surface area contributed by atoms with Gasteiger partial charge in [0.1, 0.15) is 18.1 Å². The highest BCUT2D eigenvalue weighted by Crippen LogP contribution is 2.34. The van der Waals surface area contributed by atoms with E-state index in [1.54, 1.807) is 29.5 Å². The van der Waals surface area contributed by atoms with Crippen molar-refractivity contribution in [2.24, 2.45) is 0 Å². The van der Waals surface area contributed by atoms with E-state index in [9.17, 15) is 18.0 Å². The molecule has 0 saturated carbocycles. The zero-order valence-electron chi connectivity index (χ0n) is 22.9. The number of aliphatic carboxylic acids is 1. The van der Waals surface area contributed by atoms with Crippen LogP contribution in [0.4, 0.5) is 13.2 Å². The lowest BCUT2D eigenvalue weighted by Gasteiger charge is -2.11. The smallest absolute Gasteiger partial charge is 0.416 e. The van der Waals surface area contributed by atoms with Gasteiger partial charge in [0.05, 0.1) is 5.56 Å². The number of rotatable bonds is 8. The molecule has 43 heavy (non-hydrogen) atoms. The van der Waals surface area contributed by atoms with Crippen LogP contribution in [-0.2, 0) is 11.0 Å². The molecule has 0 fully saturated rings. The third kappa shape index (κ3) is 7.64. The van der Waals surface area contributed by atoms with E-state index in [1.807, 2.05) is 49.4 Å². The molecular formula is C35H25F3O4S. The SMILES string of the molecule is Cc1cc(OC/C=C(/c2ccc(C#Cc3ccc(C(F)(F)F)cc3)cc2)c2cc3ccccc3s2)ccc1OCC(=O)O. The zero-order valence-corrected chi connectivity index (χ0v) is 23.8. The van der Waals surface area contributed by atoms with Crippen LogP contribution in [0.2, 0.25) is 0 Å². The lowest BCUT2D eigenvalue weighted by molar-refractivity contribution is -0.139. The quantitative estimate of drug-likeness (QED) is 0.182. The van der Waals surface area contributed by atoms with E-state index in [1.165, 1.54) is 12.1 Å². The molecule has 1 N–H and O–H groups in total. The minimum absolute atomic E-state index is 0.286. The summed E-state index contributed by atoms with van der Waals surface area (Å²) in [4.78, 5) is 11.9.